The summed E-state index contributed by atoms with van der Waals surface area (Å²) < 4.78 is 12.1. The van der Waals surface area contributed by atoms with Crippen LogP contribution in [0.25, 0.3) is 11.0 Å². The first-order chi connectivity index (χ1) is 11.0. The van der Waals surface area contributed by atoms with Gasteiger partial charge >= 0.3 is 5.63 Å². The lowest BCUT2D eigenvalue weighted by molar-refractivity contribution is 0.414. The molecule has 2 aromatic heterocycles. The molecule has 0 amide bonds. The third-order valence-electron chi connectivity index (χ3n) is 3.68. The standard InChI is InChI=1S/C17H15NO5/c1-10-5-14(19)15(20)9-18(10)8-12-6-11-3-4-13(22-2)7-16(11)23-17(12)21/h3-7,9,20H,8H2,1-2H3. The molecule has 0 saturated heterocycles. The topological polar surface area (TPSA) is 81.7 Å². The fourth-order valence-corrected chi connectivity index (χ4v) is 2.39. The second kappa shape index (κ2) is 5.64. The summed E-state index contributed by atoms with van der Waals surface area (Å²) >= 11 is 0. The molecule has 0 aliphatic carbocycles. The van der Waals surface area contributed by atoms with E-state index in [1.165, 1.54) is 12.3 Å². The number of benzene rings is 1. The lowest BCUT2D eigenvalue weighted by atomic mass is 10.1. The smallest absolute Gasteiger partial charge is 0.341 e. The number of pyridine rings is 1. The lowest BCUT2D eigenvalue weighted by Gasteiger charge is -2.10. The van der Waals surface area contributed by atoms with Crippen molar-refractivity contribution in [1.82, 2.24) is 4.57 Å². The number of aromatic hydroxyl groups is 1. The Morgan fingerprint density at radius 1 is 1.22 bits per heavy atom. The van der Waals surface area contributed by atoms with Crippen LogP contribution in [-0.4, -0.2) is 16.8 Å². The van der Waals surface area contributed by atoms with Gasteiger partial charge in [-0.05, 0) is 25.1 Å². The van der Waals surface area contributed by atoms with Crippen molar-refractivity contribution in [2.24, 2.45) is 0 Å². The molecule has 0 unspecified atom stereocenters. The third kappa shape index (κ3) is 2.83. The number of methoxy groups -OCH3 is 1. The molecule has 0 radical (unpaired) electrons. The average molecular weight is 313 g/mol. The first kappa shape index (κ1) is 14.9. The minimum atomic E-state index is -0.469. The van der Waals surface area contributed by atoms with Crippen molar-refractivity contribution in [3.63, 3.8) is 0 Å². The second-order valence-corrected chi connectivity index (χ2v) is 5.26. The van der Waals surface area contributed by atoms with Crippen molar-refractivity contribution in [2.45, 2.75) is 13.5 Å². The van der Waals surface area contributed by atoms with Gasteiger partial charge in [0.25, 0.3) is 0 Å². The second-order valence-electron chi connectivity index (χ2n) is 5.26. The predicted molar refractivity (Wildman–Crippen MR) is 85.2 cm³/mol. The van der Waals surface area contributed by atoms with Crippen LogP contribution in [0.15, 0.2) is 50.5 Å². The van der Waals surface area contributed by atoms with Gasteiger partial charge in [0.2, 0.25) is 5.43 Å². The van der Waals surface area contributed by atoms with Crippen LogP contribution in [0.1, 0.15) is 11.3 Å². The molecule has 3 aromatic rings. The Balaban J connectivity index is 2.07. The van der Waals surface area contributed by atoms with Crippen LogP contribution in [0.4, 0.5) is 0 Å². The van der Waals surface area contributed by atoms with Crippen molar-refractivity contribution in [3.8, 4) is 11.5 Å². The Hall–Kier alpha value is -3.02. The molecule has 0 saturated carbocycles. The Labute approximate surface area is 131 Å². The highest BCUT2D eigenvalue weighted by molar-refractivity contribution is 5.78. The summed E-state index contributed by atoms with van der Waals surface area (Å²) in [5.41, 5.74) is 0.591. The molecule has 1 aromatic carbocycles. The fraction of sp³-hybridized carbons (Fsp3) is 0.176. The molecule has 2 heterocycles. The normalized spacial score (nSPS) is 10.9. The number of aromatic nitrogens is 1. The minimum Gasteiger partial charge on any atom is -0.503 e. The highest BCUT2D eigenvalue weighted by Crippen LogP contribution is 2.20. The van der Waals surface area contributed by atoms with E-state index in [-0.39, 0.29) is 12.3 Å². The van der Waals surface area contributed by atoms with E-state index >= 15 is 0 Å². The van der Waals surface area contributed by atoms with E-state index in [9.17, 15) is 14.7 Å². The molecule has 6 heteroatoms. The number of nitrogens with zero attached hydrogens (tertiary/aromatic N) is 1. The summed E-state index contributed by atoms with van der Waals surface area (Å²) in [6.07, 6.45) is 1.31. The van der Waals surface area contributed by atoms with Gasteiger partial charge in [-0.3, -0.25) is 4.79 Å². The highest BCUT2D eigenvalue weighted by Gasteiger charge is 2.09. The Kier molecular flexibility index (Phi) is 3.65. The largest absolute Gasteiger partial charge is 0.503 e. The van der Waals surface area contributed by atoms with Crippen molar-refractivity contribution < 1.29 is 14.3 Å². The van der Waals surface area contributed by atoms with E-state index in [1.807, 2.05) is 0 Å². The van der Waals surface area contributed by atoms with Crippen LogP contribution < -0.4 is 15.8 Å². The highest BCUT2D eigenvalue weighted by atomic mass is 16.5. The molecule has 0 aliphatic heterocycles. The Morgan fingerprint density at radius 3 is 2.74 bits per heavy atom. The van der Waals surface area contributed by atoms with E-state index < -0.39 is 11.1 Å². The number of rotatable bonds is 3. The minimum absolute atomic E-state index is 0.198. The van der Waals surface area contributed by atoms with Crippen LogP contribution >= 0.6 is 0 Å². The predicted octanol–water partition coefficient (Wildman–Crippen LogP) is 2.03. The average Bonchev–Trinajstić information content (AvgIpc) is 2.52. The van der Waals surface area contributed by atoms with E-state index in [0.29, 0.717) is 22.6 Å². The van der Waals surface area contributed by atoms with E-state index in [4.69, 9.17) is 9.15 Å². The van der Waals surface area contributed by atoms with Gasteiger partial charge in [0.1, 0.15) is 11.3 Å². The quantitative estimate of drug-likeness (QED) is 0.748. The van der Waals surface area contributed by atoms with Gasteiger partial charge in [0, 0.05) is 23.2 Å². The van der Waals surface area contributed by atoms with Crippen LogP contribution in [0.2, 0.25) is 0 Å². The van der Waals surface area contributed by atoms with E-state index in [2.05, 4.69) is 0 Å². The van der Waals surface area contributed by atoms with Crippen LogP contribution in [-0.2, 0) is 6.54 Å². The van der Waals surface area contributed by atoms with Crippen LogP contribution in [0.3, 0.4) is 0 Å². The number of ether oxygens (including phenoxy) is 1. The number of hydrogen-bond acceptors (Lipinski definition) is 5. The lowest BCUT2D eigenvalue weighted by Crippen LogP contribution is -2.15. The summed E-state index contributed by atoms with van der Waals surface area (Å²) in [5.74, 6) is 0.250. The Bertz CT molecular complexity index is 1000. The summed E-state index contributed by atoms with van der Waals surface area (Å²) in [4.78, 5) is 23.5. The van der Waals surface area contributed by atoms with E-state index in [1.54, 1.807) is 42.9 Å². The molecule has 0 fully saturated rings. The maximum Gasteiger partial charge on any atom is 0.341 e. The first-order valence-corrected chi connectivity index (χ1v) is 6.99. The third-order valence-corrected chi connectivity index (χ3v) is 3.68. The molecule has 0 aliphatic rings. The first-order valence-electron chi connectivity index (χ1n) is 6.99. The molecular weight excluding hydrogens is 298 g/mol. The fourth-order valence-electron chi connectivity index (χ4n) is 2.39. The van der Waals surface area contributed by atoms with Gasteiger partial charge < -0.3 is 18.8 Å². The maximum absolute atomic E-state index is 12.2. The maximum atomic E-state index is 12.2. The van der Waals surface area contributed by atoms with Gasteiger partial charge in [0.05, 0.1) is 25.4 Å². The molecule has 0 spiro atoms. The summed E-state index contributed by atoms with van der Waals surface area (Å²) in [5, 5.41) is 10.3. The molecule has 0 atom stereocenters. The van der Waals surface area contributed by atoms with Crippen molar-refractivity contribution >= 4 is 11.0 Å². The number of hydrogen-bond donors (Lipinski definition) is 1. The van der Waals surface area contributed by atoms with E-state index in [0.717, 1.165) is 5.39 Å². The molecular formula is C17H15NO5. The summed E-state index contributed by atoms with van der Waals surface area (Å²) in [6, 6.07) is 8.29. The number of fused-ring (bicyclic) bond motifs is 1. The molecule has 0 bridgehead atoms. The molecule has 1 N–H and O–H groups in total. The van der Waals surface area contributed by atoms with Gasteiger partial charge in [-0.1, -0.05) is 0 Å². The van der Waals surface area contributed by atoms with Gasteiger partial charge in [-0.2, -0.15) is 0 Å². The number of aryl methyl sites for hydroxylation is 1. The van der Waals surface area contributed by atoms with Crippen molar-refractivity contribution in [1.29, 1.82) is 0 Å². The molecule has 6 nitrogen and oxygen atoms in total. The summed E-state index contributed by atoms with van der Waals surface area (Å²) in [6.45, 7) is 1.93. The van der Waals surface area contributed by atoms with Crippen LogP contribution in [0.5, 0.6) is 11.5 Å². The molecule has 3 rings (SSSR count). The summed E-state index contributed by atoms with van der Waals surface area (Å²) in [7, 11) is 1.54. The molecule has 118 valence electrons. The van der Waals surface area contributed by atoms with Crippen LogP contribution in [0, 0.1) is 6.92 Å². The van der Waals surface area contributed by atoms with Gasteiger partial charge in [-0.25, -0.2) is 4.79 Å². The monoisotopic (exact) mass is 313 g/mol. The Morgan fingerprint density at radius 2 is 2.00 bits per heavy atom. The van der Waals surface area contributed by atoms with Gasteiger partial charge in [0.15, 0.2) is 5.75 Å². The SMILES string of the molecule is COc1ccc2cc(Cn3cc(O)c(=O)cc3C)c(=O)oc2c1. The van der Waals surface area contributed by atoms with Crippen molar-refractivity contribution in [3.05, 3.63) is 68.4 Å². The van der Waals surface area contributed by atoms with Crippen molar-refractivity contribution in [2.75, 3.05) is 7.11 Å². The molecule has 23 heavy (non-hydrogen) atoms. The zero-order chi connectivity index (χ0) is 16.6. The zero-order valence-electron chi connectivity index (χ0n) is 12.7. The zero-order valence-corrected chi connectivity index (χ0v) is 12.7. The van der Waals surface area contributed by atoms with Gasteiger partial charge in [-0.15, -0.1) is 0 Å².